The van der Waals surface area contributed by atoms with Gasteiger partial charge in [0.1, 0.15) is 5.82 Å². The third kappa shape index (κ3) is 3.54. The average Bonchev–Trinajstić information content (AvgIpc) is 3.19. The number of nitrogens with zero attached hydrogens (tertiary/aromatic N) is 3. The van der Waals surface area contributed by atoms with E-state index in [-0.39, 0.29) is 24.7 Å². The topological polar surface area (TPSA) is 70.4 Å². The highest BCUT2D eigenvalue weighted by Gasteiger charge is 2.34. The molecule has 3 rings (SSSR count). The monoisotopic (exact) mass is 342 g/mol. The molecule has 0 bridgehead atoms. The summed E-state index contributed by atoms with van der Waals surface area (Å²) in [5.41, 5.74) is 1.85. The minimum atomic E-state index is -0.176. The zero-order valence-electron chi connectivity index (χ0n) is 15.0. The molecule has 2 aromatic rings. The summed E-state index contributed by atoms with van der Waals surface area (Å²) in [5.74, 6) is 0.987. The molecule has 0 saturated carbocycles. The molecule has 2 N–H and O–H groups in total. The number of aliphatic hydroxyl groups is 1. The Hall–Kier alpha value is -2.34. The fourth-order valence-electron chi connectivity index (χ4n) is 3.35. The highest BCUT2D eigenvalue weighted by molar-refractivity contribution is 5.89. The molecule has 2 atom stereocenters. The number of aliphatic hydroxyl groups excluding tert-OH is 1. The largest absolute Gasteiger partial charge is 0.394 e. The van der Waals surface area contributed by atoms with E-state index < -0.39 is 0 Å². The summed E-state index contributed by atoms with van der Waals surface area (Å²) < 4.78 is 1.83. The van der Waals surface area contributed by atoms with Gasteiger partial charge in [-0.3, -0.25) is 5.32 Å². The predicted molar refractivity (Wildman–Crippen MR) is 98.4 cm³/mol. The van der Waals surface area contributed by atoms with Gasteiger partial charge in [-0.25, -0.2) is 9.48 Å². The molecule has 1 aliphatic heterocycles. The van der Waals surface area contributed by atoms with Crippen molar-refractivity contribution in [3.63, 3.8) is 0 Å². The van der Waals surface area contributed by atoms with E-state index in [1.165, 1.54) is 0 Å². The van der Waals surface area contributed by atoms with Crippen molar-refractivity contribution in [2.75, 3.05) is 18.5 Å². The SMILES string of the molecule is CC(C)n1nc(-c2ccccc2)cc1NC(=O)N1CC[C@@H](C)[C@H]1CO. The smallest absolute Gasteiger partial charge is 0.323 e. The fourth-order valence-corrected chi connectivity index (χ4v) is 3.35. The number of aromatic nitrogens is 2. The van der Waals surface area contributed by atoms with Gasteiger partial charge < -0.3 is 10.0 Å². The van der Waals surface area contributed by atoms with E-state index in [2.05, 4.69) is 17.3 Å². The lowest BCUT2D eigenvalue weighted by molar-refractivity contribution is 0.152. The van der Waals surface area contributed by atoms with Crippen LogP contribution in [0.4, 0.5) is 10.6 Å². The Morgan fingerprint density at radius 3 is 2.72 bits per heavy atom. The lowest BCUT2D eigenvalue weighted by atomic mass is 10.0. The van der Waals surface area contributed by atoms with Crippen LogP contribution in [0.25, 0.3) is 11.3 Å². The standard InChI is InChI=1S/C19H26N4O2/c1-13(2)23-18(11-16(21-23)15-7-5-4-6-8-15)20-19(25)22-10-9-14(3)17(22)12-24/h4-8,11,13-14,17,24H,9-10,12H2,1-3H3,(H,20,25)/t14-,17-/m1/s1. The summed E-state index contributed by atoms with van der Waals surface area (Å²) in [6.45, 7) is 6.80. The summed E-state index contributed by atoms with van der Waals surface area (Å²) >= 11 is 0. The second kappa shape index (κ2) is 7.27. The normalized spacial score (nSPS) is 20.3. The van der Waals surface area contributed by atoms with Crippen molar-refractivity contribution in [1.82, 2.24) is 14.7 Å². The zero-order chi connectivity index (χ0) is 18.0. The molecule has 0 unspecified atom stereocenters. The Labute approximate surface area is 148 Å². The van der Waals surface area contributed by atoms with Crippen molar-refractivity contribution >= 4 is 11.8 Å². The first-order valence-corrected chi connectivity index (χ1v) is 8.84. The van der Waals surface area contributed by atoms with E-state index in [0.29, 0.717) is 18.3 Å². The quantitative estimate of drug-likeness (QED) is 0.895. The van der Waals surface area contributed by atoms with Gasteiger partial charge in [-0.1, -0.05) is 37.3 Å². The second-order valence-corrected chi connectivity index (χ2v) is 6.96. The third-order valence-electron chi connectivity index (χ3n) is 4.86. The van der Waals surface area contributed by atoms with Crippen LogP contribution in [0.5, 0.6) is 0 Å². The van der Waals surface area contributed by atoms with Crippen molar-refractivity contribution in [3.8, 4) is 11.3 Å². The minimum Gasteiger partial charge on any atom is -0.394 e. The van der Waals surface area contributed by atoms with Crippen LogP contribution in [0.1, 0.15) is 33.2 Å². The number of amides is 2. The fraction of sp³-hybridized carbons (Fsp3) is 0.474. The summed E-state index contributed by atoms with van der Waals surface area (Å²) in [6.07, 6.45) is 0.914. The van der Waals surface area contributed by atoms with E-state index >= 15 is 0 Å². The number of benzene rings is 1. The summed E-state index contributed by atoms with van der Waals surface area (Å²) in [7, 11) is 0. The lowest BCUT2D eigenvalue weighted by Gasteiger charge is -2.25. The first-order chi connectivity index (χ1) is 12.0. The van der Waals surface area contributed by atoms with Crippen LogP contribution in [-0.2, 0) is 0 Å². The number of hydrogen-bond donors (Lipinski definition) is 2. The molecule has 2 heterocycles. The molecule has 0 spiro atoms. The van der Waals surface area contributed by atoms with Crippen LogP contribution in [0.3, 0.4) is 0 Å². The second-order valence-electron chi connectivity index (χ2n) is 6.96. The summed E-state index contributed by atoms with van der Waals surface area (Å²) in [6, 6.07) is 11.6. The van der Waals surface area contributed by atoms with Gasteiger partial charge in [-0.15, -0.1) is 0 Å². The Bertz CT molecular complexity index is 726. The van der Waals surface area contributed by atoms with E-state index in [9.17, 15) is 9.90 Å². The van der Waals surface area contributed by atoms with Crippen LogP contribution >= 0.6 is 0 Å². The molecule has 6 heteroatoms. The number of rotatable bonds is 4. The van der Waals surface area contributed by atoms with Gasteiger partial charge in [0, 0.05) is 24.2 Å². The van der Waals surface area contributed by atoms with E-state index in [0.717, 1.165) is 17.7 Å². The molecule has 6 nitrogen and oxygen atoms in total. The summed E-state index contributed by atoms with van der Waals surface area (Å²) in [4.78, 5) is 14.4. The average molecular weight is 342 g/mol. The molecule has 1 fully saturated rings. The molecule has 1 aromatic carbocycles. The molecule has 1 aromatic heterocycles. The first kappa shape index (κ1) is 17.5. The first-order valence-electron chi connectivity index (χ1n) is 8.84. The predicted octanol–water partition coefficient (Wildman–Crippen LogP) is 3.37. The van der Waals surface area contributed by atoms with Gasteiger partial charge in [0.2, 0.25) is 0 Å². The zero-order valence-corrected chi connectivity index (χ0v) is 15.0. The van der Waals surface area contributed by atoms with Crippen molar-refractivity contribution in [2.45, 2.75) is 39.3 Å². The Morgan fingerprint density at radius 1 is 1.36 bits per heavy atom. The Morgan fingerprint density at radius 2 is 2.08 bits per heavy atom. The molecule has 0 radical (unpaired) electrons. The van der Waals surface area contributed by atoms with E-state index in [1.807, 2.05) is 54.9 Å². The van der Waals surface area contributed by atoms with E-state index in [4.69, 9.17) is 0 Å². The van der Waals surface area contributed by atoms with Crippen molar-refractivity contribution in [3.05, 3.63) is 36.4 Å². The minimum absolute atomic E-state index is 0.00665. The molecule has 0 aliphatic carbocycles. The number of carbonyl (C=O) groups excluding carboxylic acids is 1. The van der Waals surface area contributed by atoms with Gasteiger partial charge in [0.05, 0.1) is 18.3 Å². The Kier molecular flexibility index (Phi) is 5.08. The van der Waals surface area contributed by atoms with Crippen LogP contribution < -0.4 is 5.32 Å². The molecule has 25 heavy (non-hydrogen) atoms. The molecule has 1 aliphatic rings. The maximum absolute atomic E-state index is 12.7. The Balaban J connectivity index is 1.84. The van der Waals surface area contributed by atoms with Gasteiger partial charge >= 0.3 is 6.03 Å². The van der Waals surface area contributed by atoms with Crippen molar-refractivity contribution in [2.24, 2.45) is 5.92 Å². The van der Waals surface area contributed by atoms with E-state index in [1.54, 1.807) is 4.90 Å². The number of anilines is 1. The van der Waals surface area contributed by atoms with Gasteiger partial charge in [-0.05, 0) is 26.2 Å². The summed E-state index contributed by atoms with van der Waals surface area (Å²) in [5, 5.41) is 17.2. The molecule has 2 amide bonds. The molecular weight excluding hydrogens is 316 g/mol. The number of carbonyl (C=O) groups is 1. The number of nitrogens with one attached hydrogen (secondary N) is 1. The van der Waals surface area contributed by atoms with Crippen LogP contribution in [0.15, 0.2) is 36.4 Å². The molecule has 1 saturated heterocycles. The maximum atomic E-state index is 12.7. The van der Waals surface area contributed by atoms with Gasteiger partial charge in [0.15, 0.2) is 0 Å². The van der Waals surface area contributed by atoms with Crippen LogP contribution in [0.2, 0.25) is 0 Å². The highest BCUT2D eigenvalue weighted by Crippen LogP contribution is 2.27. The molecular formula is C19H26N4O2. The van der Waals surface area contributed by atoms with Crippen LogP contribution in [-0.4, -0.2) is 45.0 Å². The number of likely N-dealkylation sites (tertiary alicyclic amines) is 1. The van der Waals surface area contributed by atoms with Gasteiger partial charge in [-0.2, -0.15) is 5.10 Å². The van der Waals surface area contributed by atoms with Gasteiger partial charge in [0.25, 0.3) is 0 Å². The van der Waals surface area contributed by atoms with Crippen molar-refractivity contribution < 1.29 is 9.90 Å². The number of urea groups is 1. The lowest BCUT2D eigenvalue weighted by Crippen LogP contribution is -2.42. The van der Waals surface area contributed by atoms with Crippen LogP contribution in [0, 0.1) is 5.92 Å². The third-order valence-corrected chi connectivity index (χ3v) is 4.86. The highest BCUT2D eigenvalue weighted by atomic mass is 16.3. The van der Waals surface area contributed by atoms with Crippen molar-refractivity contribution in [1.29, 1.82) is 0 Å². The number of hydrogen-bond acceptors (Lipinski definition) is 3. The molecule has 134 valence electrons. The maximum Gasteiger partial charge on any atom is 0.323 e.